The van der Waals surface area contributed by atoms with Crippen LogP contribution in [0.2, 0.25) is 0 Å². The van der Waals surface area contributed by atoms with Crippen LogP contribution in [-0.2, 0) is 20.0 Å². The van der Waals surface area contributed by atoms with Crippen LogP contribution in [0.25, 0.3) is 0 Å². The van der Waals surface area contributed by atoms with Crippen molar-refractivity contribution in [3.63, 3.8) is 0 Å². The van der Waals surface area contributed by atoms with Crippen LogP contribution in [0.5, 0.6) is 0 Å². The molecule has 0 aromatic heterocycles. The summed E-state index contributed by atoms with van der Waals surface area (Å²) in [4.78, 5) is 11.1. The highest BCUT2D eigenvalue weighted by molar-refractivity contribution is 7.61. The summed E-state index contributed by atoms with van der Waals surface area (Å²) < 4.78 is 28.2. The molecular weight excluding hydrogens is 194 g/mol. The Balaban J connectivity index is 4.75. The van der Waals surface area contributed by atoms with Gasteiger partial charge in [0.15, 0.2) is 6.04 Å². The Bertz CT molecular complexity index is 288. The summed E-state index contributed by atoms with van der Waals surface area (Å²) >= 11 is 0. The molecule has 0 spiro atoms. The Morgan fingerprint density at radius 2 is 2.08 bits per heavy atom. The molecule has 0 fully saturated rings. The van der Waals surface area contributed by atoms with Crippen molar-refractivity contribution in [3.8, 4) is 0 Å². The SMILES string of the molecule is CCC(C)C(N=S(=O)=O)C(=O)OC. The first-order chi connectivity index (χ1) is 6.02. The van der Waals surface area contributed by atoms with Gasteiger partial charge in [0.05, 0.1) is 7.11 Å². The van der Waals surface area contributed by atoms with Crippen molar-refractivity contribution in [1.82, 2.24) is 0 Å². The number of ether oxygens (including phenoxy) is 1. The third-order valence-corrected chi connectivity index (χ3v) is 2.22. The molecule has 2 atom stereocenters. The van der Waals surface area contributed by atoms with E-state index in [4.69, 9.17) is 0 Å². The fraction of sp³-hybridized carbons (Fsp3) is 0.857. The van der Waals surface area contributed by atoms with E-state index in [0.717, 1.165) is 0 Å². The van der Waals surface area contributed by atoms with E-state index in [0.29, 0.717) is 6.42 Å². The second kappa shape index (κ2) is 5.69. The van der Waals surface area contributed by atoms with E-state index in [1.165, 1.54) is 7.11 Å². The lowest BCUT2D eigenvalue weighted by molar-refractivity contribution is -0.143. The lowest BCUT2D eigenvalue weighted by Crippen LogP contribution is -2.26. The molecule has 6 heteroatoms. The quantitative estimate of drug-likeness (QED) is 0.634. The van der Waals surface area contributed by atoms with Crippen molar-refractivity contribution in [2.45, 2.75) is 26.3 Å². The van der Waals surface area contributed by atoms with Gasteiger partial charge in [-0.3, -0.25) is 0 Å². The number of esters is 1. The molecule has 2 unspecified atom stereocenters. The van der Waals surface area contributed by atoms with Crippen molar-refractivity contribution in [1.29, 1.82) is 0 Å². The van der Waals surface area contributed by atoms with Gasteiger partial charge < -0.3 is 4.74 Å². The Morgan fingerprint density at radius 1 is 1.54 bits per heavy atom. The molecule has 13 heavy (non-hydrogen) atoms. The summed E-state index contributed by atoms with van der Waals surface area (Å²) in [6, 6.07) is -0.909. The first-order valence-electron chi connectivity index (χ1n) is 3.91. The van der Waals surface area contributed by atoms with Gasteiger partial charge in [0.25, 0.3) is 0 Å². The zero-order valence-electron chi connectivity index (χ0n) is 7.85. The molecule has 0 rings (SSSR count). The smallest absolute Gasteiger partial charge is 0.332 e. The summed E-state index contributed by atoms with van der Waals surface area (Å²) in [7, 11) is -1.36. The minimum atomic E-state index is -2.57. The summed E-state index contributed by atoms with van der Waals surface area (Å²) in [5.74, 6) is -0.746. The maximum atomic E-state index is 11.1. The number of nitrogens with zero attached hydrogens (tertiary/aromatic N) is 1. The molecule has 0 aliphatic heterocycles. The fourth-order valence-corrected chi connectivity index (χ4v) is 1.30. The maximum absolute atomic E-state index is 11.1. The van der Waals surface area contributed by atoms with Crippen LogP contribution in [-0.4, -0.2) is 27.5 Å². The molecular formula is C7H13NO4S. The van der Waals surface area contributed by atoms with Crippen molar-refractivity contribution >= 4 is 16.5 Å². The minimum Gasteiger partial charge on any atom is -0.467 e. The Hall–Kier alpha value is -0.910. The van der Waals surface area contributed by atoms with Gasteiger partial charge in [-0.25, -0.2) is 4.79 Å². The summed E-state index contributed by atoms with van der Waals surface area (Å²) in [5.41, 5.74) is 0. The maximum Gasteiger partial charge on any atom is 0.332 e. The summed E-state index contributed by atoms with van der Waals surface area (Å²) in [5, 5.41) is 0. The van der Waals surface area contributed by atoms with E-state index < -0.39 is 22.5 Å². The summed E-state index contributed by atoms with van der Waals surface area (Å²) in [6.07, 6.45) is 0.667. The molecule has 0 saturated carbocycles. The van der Waals surface area contributed by atoms with Gasteiger partial charge >= 0.3 is 16.5 Å². The monoisotopic (exact) mass is 207 g/mol. The van der Waals surface area contributed by atoms with Gasteiger partial charge in [0.2, 0.25) is 0 Å². The molecule has 0 aliphatic carbocycles. The van der Waals surface area contributed by atoms with E-state index in [9.17, 15) is 13.2 Å². The molecule has 0 amide bonds. The van der Waals surface area contributed by atoms with Crippen LogP contribution < -0.4 is 0 Å². The van der Waals surface area contributed by atoms with Crippen LogP contribution in [0, 0.1) is 5.92 Å². The molecule has 0 aromatic carbocycles. The first-order valence-corrected chi connectivity index (χ1v) is 4.94. The Kier molecular flexibility index (Phi) is 5.29. The van der Waals surface area contributed by atoms with Gasteiger partial charge in [-0.2, -0.15) is 12.8 Å². The van der Waals surface area contributed by atoms with Gasteiger partial charge in [0, 0.05) is 0 Å². The van der Waals surface area contributed by atoms with Crippen LogP contribution in [0.4, 0.5) is 0 Å². The third-order valence-electron chi connectivity index (χ3n) is 1.83. The van der Waals surface area contributed by atoms with E-state index >= 15 is 0 Å². The zero-order valence-corrected chi connectivity index (χ0v) is 8.67. The summed E-state index contributed by atoms with van der Waals surface area (Å²) in [6.45, 7) is 3.60. The highest BCUT2D eigenvalue weighted by atomic mass is 32.2. The van der Waals surface area contributed by atoms with Gasteiger partial charge in [0.1, 0.15) is 0 Å². The lowest BCUT2D eigenvalue weighted by atomic mass is 10.0. The van der Waals surface area contributed by atoms with E-state index in [2.05, 4.69) is 9.10 Å². The largest absolute Gasteiger partial charge is 0.467 e. The highest BCUT2D eigenvalue weighted by Crippen LogP contribution is 2.12. The van der Waals surface area contributed by atoms with Crippen molar-refractivity contribution < 1.29 is 17.9 Å². The number of carbonyl (C=O) groups excluding carboxylic acids is 1. The lowest BCUT2D eigenvalue weighted by Gasteiger charge is -2.13. The van der Waals surface area contributed by atoms with Crippen LogP contribution in [0.15, 0.2) is 4.36 Å². The molecule has 5 nitrogen and oxygen atoms in total. The van der Waals surface area contributed by atoms with Crippen LogP contribution in [0.3, 0.4) is 0 Å². The normalized spacial score (nSPS) is 14.4. The van der Waals surface area contributed by atoms with Crippen molar-refractivity contribution in [3.05, 3.63) is 0 Å². The third kappa shape index (κ3) is 4.02. The Morgan fingerprint density at radius 3 is 2.38 bits per heavy atom. The average molecular weight is 207 g/mol. The topological polar surface area (TPSA) is 72.8 Å². The Labute approximate surface area is 78.8 Å². The number of methoxy groups -OCH3 is 1. The highest BCUT2D eigenvalue weighted by Gasteiger charge is 2.24. The molecule has 0 heterocycles. The van der Waals surface area contributed by atoms with Crippen LogP contribution >= 0.6 is 0 Å². The van der Waals surface area contributed by atoms with E-state index in [1.54, 1.807) is 6.92 Å². The zero-order chi connectivity index (χ0) is 10.4. The molecule has 0 saturated heterocycles. The number of carbonyl (C=O) groups is 1. The second-order valence-electron chi connectivity index (χ2n) is 2.68. The van der Waals surface area contributed by atoms with Crippen LogP contribution in [0.1, 0.15) is 20.3 Å². The van der Waals surface area contributed by atoms with Gasteiger partial charge in [-0.15, -0.1) is 0 Å². The predicted molar refractivity (Wildman–Crippen MR) is 46.6 cm³/mol. The van der Waals surface area contributed by atoms with Gasteiger partial charge in [-0.05, 0) is 5.92 Å². The van der Waals surface area contributed by atoms with Crippen molar-refractivity contribution in [2.24, 2.45) is 10.3 Å². The van der Waals surface area contributed by atoms with E-state index in [1.807, 2.05) is 6.92 Å². The molecule has 0 aromatic rings. The molecule has 0 bridgehead atoms. The number of rotatable bonds is 4. The fourth-order valence-electron chi connectivity index (χ4n) is 0.816. The molecule has 0 radical (unpaired) electrons. The average Bonchev–Trinajstić information content (AvgIpc) is 2.11. The predicted octanol–water partition coefficient (Wildman–Crippen LogP) is 0.637. The minimum absolute atomic E-state index is 0.134. The van der Waals surface area contributed by atoms with Crippen molar-refractivity contribution in [2.75, 3.05) is 7.11 Å². The standard InChI is InChI=1S/C7H13NO4S/c1-4-5(2)6(7(9)12-3)8-13(10)11/h5-6H,4H2,1-3H3. The first kappa shape index (κ1) is 12.1. The molecule has 76 valence electrons. The molecule has 0 aliphatic rings. The van der Waals surface area contributed by atoms with Gasteiger partial charge in [-0.1, -0.05) is 20.3 Å². The second-order valence-corrected chi connectivity index (χ2v) is 3.32. The molecule has 0 N–H and O–H groups in total. The number of hydrogen-bond donors (Lipinski definition) is 0. The van der Waals surface area contributed by atoms with E-state index in [-0.39, 0.29) is 5.92 Å². The number of hydrogen-bond acceptors (Lipinski definition) is 5.